The van der Waals surface area contributed by atoms with Gasteiger partial charge in [-0.2, -0.15) is 0 Å². The molecule has 0 radical (unpaired) electrons. The van der Waals surface area contributed by atoms with Gasteiger partial charge in [0.05, 0.1) is 11.8 Å². The van der Waals surface area contributed by atoms with E-state index in [9.17, 15) is 14.7 Å². The number of rotatable bonds is 4. The molecule has 2 aromatic heterocycles. The van der Waals surface area contributed by atoms with Crippen LogP contribution >= 0.6 is 22.7 Å². The molecule has 2 atom stereocenters. The third-order valence-corrected chi connectivity index (χ3v) is 7.60. The fourth-order valence-corrected chi connectivity index (χ4v) is 6.37. The number of aliphatic carboxylic acids is 1. The molecule has 0 saturated heterocycles. The van der Waals surface area contributed by atoms with Crippen LogP contribution in [0.25, 0.3) is 10.6 Å². The Labute approximate surface area is 160 Å². The molecule has 4 rings (SSSR count). The van der Waals surface area contributed by atoms with Crippen molar-refractivity contribution in [2.45, 2.75) is 51.9 Å². The number of hydrogen-bond donors (Lipinski definition) is 2. The van der Waals surface area contributed by atoms with Crippen molar-refractivity contribution >= 4 is 39.6 Å². The molecule has 2 aromatic rings. The van der Waals surface area contributed by atoms with Gasteiger partial charge in [-0.25, -0.2) is 4.98 Å². The third-order valence-electron chi connectivity index (χ3n) is 5.41. The summed E-state index contributed by atoms with van der Waals surface area (Å²) < 4.78 is 0. The van der Waals surface area contributed by atoms with Crippen LogP contribution in [-0.4, -0.2) is 22.0 Å². The maximum atomic E-state index is 12.9. The number of carboxylic acids is 1. The smallest absolute Gasteiger partial charge is 0.307 e. The Kier molecular flexibility index (Phi) is 4.84. The standard InChI is InChI=1S/C19H22N2O3S2/c1-10-9-25-17(20-10)15-13-7-4-8-14(13)26-18(15)21-16(22)11-5-2-3-6-12(11)19(23)24/h9,11-12H,2-8H2,1H3,(H,21,22)(H,23,24)/t11-,12+/m0/s1. The minimum absolute atomic E-state index is 0.147. The van der Waals surface area contributed by atoms with Crippen molar-refractivity contribution in [3.63, 3.8) is 0 Å². The number of thiophene rings is 1. The molecule has 26 heavy (non-hydrogen) atoms. The molecular weight excluding hydrogens is 368 g/mol. The van der Waals surface area contributed by atoms with Gasteiger partial charge in [0.1, 0.15) is 10.0 Å². The number of carbonyl (C=O) groups excluding carboxylic acids is 1. The highest BCUT2D eigenvalue weighted by molar-refractivity contribution is 7.18. The van der Waals surface area contributed by atoms with Crippen LogP contribution < -0.4 is 5.32 Å². The van der Waals surface area contributed by atoms with E-state index in [0.717, 1.165) is 53.4 Å². The molecule has 1 saturated carbocycles. The second kappa shape index (κ2) is 7.12. The maximum absolute atomic E-state index is 12.9. The molecule has 138 valence electrons. The molecule has 0 bridgehead atoms. The summed E-state index contributed by atoms with van der Waals surface area (Å²) >= 11 is 3.25. The molecule has 2 heterocycles. The van der Waals surface area contributed by atoms with Crippen molar-refractivity contribution in [1.29, 1.82) is 0 Å². The monoisotopic (exact) mass is 390 g/mol. The zero-order valence-electron chi connectivity index (χ0n) is 14.7. The minimum atomic E-state index is -0.853. The van der Waals surface area contributed by atoms with Crippen LogP contribution in [-0.2, 0) is 22.4 Å². The summed E-state index contributed by atoms with van der Waals surface area (Å²) in [5, 5.41) is 16.4. The Morgan fingerprint density at radius 2 is 1.96 bits per heavy atom. The lowest BCUT2D eigenvalue weighted by Gasteiger charge is -2.27. The first kappa shape index (κ1) is 17.7. The van der Waals surface area contributed by atoms with E-state index in [4.69, 9.17) is 0 Å². The van der Waals surface area contributed by atoms with Crippen LogP contribution in [0.2, 0.25) is 0 Å². The summed E-state index contributed by atoms with van der Waals surface area (Å²) in [6.45, 7) is 1.98. The number of carboxylic acid groups (broad SMARTS) is 1. The largest absolute Gasteiger partial charge is 0.481 e. The number of amides is 1. The van der Waals surface area contributed by atoms with Gasteiger partial charge in [0.15, 0.2) is 0 Å². The van der Waals surface area contributed by atoms with E-state index in [1.165, 1.54) is 10.4 Å². The second-order valence-electron chi connectivity index (χ2n) is 7.18. The highest BCUT2D eigenvalue weighted by atomic mass is 32.1. The maximum Gasteiger partial charge on any atom is 0.307 e. The van der Waals surface area contributed by atoms with Gasteiger partial charge in [0, 0.05) is 21.5 Å². The lowest BCUT2D eigenvalue weighted by molar-refractivity contribution is -0.147. The molecule has 0 aromatic carbocycles. The van der Waals surface area contributed by atoms with Crippen molar-refractivity contribution in [3.05, 3.63) is 21.5 Å². The number of fused-ring (bicyclic) bond motifs is 1. The molecule has 1 amide bonds. The van der Waals surface area contributed by atoms with Crippen LogP contribution in [0.3, 0.4) is 0 Å². The van der Waals surface area contributed by atoms with Crippen molar-refractivity contribution in [3.8, 4) is 10.6 Å². The first-order valence-electron chi connectivity index (χ1n) is 9.15. The summed E-state index contributed by atoms with van der Waals surface area (Å²) in [6.07, 6.45) is 6.27. The minimum Gasteiger partial charge on any atom is -0.481 e. The van der Waals surface area contributed by atoms with Gasteiger partial charge in [-0.3, -0.25) is 9.59 Å². The molecule has 0 aliphatic heterocycles. The third kappa shape index (κ3) is 3.18. The number of aryl methyl sites for hydroxylation is 2. The predicted molar refractivity (Wildman–Crippen MR) is 104 cm³/mol. The number of thiazole rings is 1. The topological polar surface area (TPSA) is 79.3 Å². The van der Waals surface area contributed by atoms with Gasteiger partial charge in [-0.05, 0) is 44.6 Å². The van der Waals surface area contributed by atoms with Crippen LogP contribution in [0.5, 0.6) is 0 Å². The van der Waals surface area contributed by atoms with Crippen molar-refractivity contribution in [2.75, 3.05) is 5.32 Å². The SMILES string of the molecule is Cc1csc(-c2c(NC(=O)[C@H]3CCCC[C@H]3C(=O)O)sc3c2CCC3)n1. The van der Waals surface area contributed by atoms with Gasteiger partial charge in [-0.15, -0.1) is 22.7 Å². The van der Waals surface area contributed by atoms with Gasteiger partial charge in [0.25, 0.3) is 0 Å². The molecular formula is C19H22N2O3S2. The van der Waals surface area contributed by atoms with Crippen LogP contribution in [0.1, 0.15) is 48.2 Å². The molecule has 0 spiro atoms. The molecule has 2 aliphatic carbocycles. The molecule has 1 fully saturated rings. The summed E-state index contributed by atoms with van der Waals surface area (Å²) in [5.41, 5.74) is 3.37. The van der Waals surface area contributed by atoms with Crippen LogP contribution in [0, 0.1) is 18.8 Å². The zero-order chi connectivity index (χ0) is 18.3. The zero-order valence-corrected chi connectivity index (χ0v) is 16.3. The number of aromatic nitrogens is 1. The Hall–Kier alpha value is -1.73. The first-order chi connectivity index (χ1) is 12.5. The van der Waals surface area contributed by atoms with E-state index < -0.39 is 17.8 Å². The summed E-state index contributed by atoms with van der Waals surface area (Å²) in [4.78, 5) is 30.4. The lowest BCUT2D eigenvalue weighted by Crippen LogP contribution is -2.36. The fourth-order valence-electron chi connectivity index (χ4n) is 4.13. The highest BCUT2D eigenvalue weighted by Crippen LogP contribution is 2.46. The number of nitrogens with zero attached hydrogens (tertiary/aromatic N) is 1. The normalized spacial score (nSPS) is 22.2. The van der Waals surface area contributed by atoms with Crippen molar-refractivity contribution < 1.29 is 14.7 Å². The fraction of sp³-hybridized carbons (Fsp3) is 0.526. The summed E-state index contributed by atoms with van der Waals surface area (Å²) in [6, 6.07) is 0. The Balaban J connectivity index is 1.64. The Morgan fingerprint density at radius 3 is 2.65 bits per heavy atom. The van der Waals surface area contributed by atoms with Gasteiger partial charge >= 0.3 is 5.97 Å². The quantitative estimate of drug-likeness (QED) is 0.806. The predicted octanol–water partition coefficient (Wildman–Crippen LogP) is 4.50. The molecule has 2 N–H and O–H groups in total. The molecule has 7 heteroatoms. The van der Waals surface area contributed by atoms with Crippen LogP contribution in [0.15, 0.2) is 5.38 Å². The lowest BCUT2D eigenvalue weighted by atomic mass is 9.79. The van der Waals surface area contributed by atoms with E-state index in [-0.39, 0.29) is 5.91 Å². The van der Waals surface area contributed by atoms with Gasteiger partial charge < -0.3 is 10.4 Å². The number of anilines is 1. The van der Waals surface area contributed by atoms with Gasteiger partial charge in [0.2, 0.25) is 5.91 Å². The highest BCUT2D eigenvalue weighted by Gasteiger charge is 2.36. The molecule has 0 unspecified atom stereocenters. The number of hydrogen-bond acceptors (Lipinski definition) is 5. The second-order valence-corrected chi connectivity index (χ2v) is 9.14. The van der Waals surface area contributed by atoms with Crippen molar-refractivity contribution in [2.24, 2.45) is 11.8 Å². The first-order valence-corrected chi connectivity index (χ1v) is 10.8. The van der Waals surface area contributed by atoms with E-state index in [0.29, 0.717) is 12.8 Å². The van der Waals surface area contributed by atoms with Crippen molar-refractivity contribution in [1.82, 2.24) is 4.98 Å². The number of nitrogens with one attached hydrogen (secondary N) is 1. The summed E-state index contributed by atoms with van der Waals surface area (Å²) in [5.74, 6) is -2.01. The van der Waals surface area contributed by atoms with E-state index in [1.807, 2.05) is 12.3 Å². The Morgan fingerprint density at radius 1 is 1.19 bits per heavy atom. The van der Waals surface area contributed by atoms with E-state index >= 15 is 0 Å². The summed E-state index contributed by atoms with van der Waals surface area (Å²) in [7, 11) is 0. The average Bonchev–Trinajstić information content (AvgIpc) is 3.30. The van der Waals surface area contributed by atoms with Crippen LogP contribution in [0.4, 0.5) is 5.00 Å². The molecule has 5 nitrogen and oxygen atoms in total. The van der Waals surface area contributed by atoms with E-state index in [2.05, 4.69) is 10.3 Å². The van der Waals surface area contributed by atoms with E-state index in [1.54, 1.807) is 22.7 Å². The average molecular weight is 391 g/mol. The molecule has 2 aliphatic rings. The van der Waals surface area contributed by atoms with Gasteiger partial charge in [-0.1, -0.05) is 12.8 Å². The Bertz CT molecular complexity index is 855. The number of carbonyl (C=O) groups is 2.